The van der Waals surface area contributed by atoms with Gasteiger partial charge >= 0.3 is 5.97 Å². The lowest BCUT2D eigenvalue weighted by Crippen LogP contribution is -2.29. The lowest BCUT2D eigenvalue weighted by atomic mass is 10.3. The van der Waals surface area contributed by atoms with Gasteiger partial charge in [0.15, 0.2) is 6.10 Å². The first-order valence-corrected chi connectivity index (χ1v) is 8.09. The molecule has 1 rings (SSSR count). The molecule has 3 N–H and O–H groups in total. The zero-order chi connectivity index (χ0) is 16.8. The van der Waals surface area contributed by atoms with E-state index in [1.54, 1.807) is 6.08 Å². The lowest BCUT2D eigenvalue weighted by Gasteiger charge is -2.12. The Morgan fingerprint density at radius 2 is 1.91 bits per heavy atom. The molecule has 0 aromatic heterocycles. The van der Waals surface area contributed by atoms with Crippen molar-refractivity contribution in [2.75, 3.05) is 5.32 Å². The van der Waals surface area contributed by atoms with Crippen LogP contribution in [0, 0.1) is 0 Å². The summed E-state index contributed by atoms with van der Waals surface area (Å²) in [6, 6.07) is 5.32. The number of hydrogen-bond acceptors (Lipinski definition) is 5. The quantitative estimate of drug-likeness (QED) is 0.601. The maximum absolute atomic E-state index is 11.8. The van der Waals surface area contributed by atoms with E-state index in [2.05, 4.69) is 5.32 Å². The van der Waals surface area contributed by atoms with Crippen molar-refractivity contribution in [3.63, 3.8) is 0 Å². The number of sulfonamides is 1. The molecule has 0 spiro atoms. The van der Waals surface area contributed by atoms with E-state index < -0.39 is 28.0 Å². The summed E-state index contributed by atoms with van der Waals surface area (Å²) in [4.78, 5) is 23.1. The molecule has 120 valence electrons. The number of anilines is 1. The summed E-state index contributed by atoms with van der Waals surface area (Å²) in [5.41, 5.74) is 0.365. The summed E-state index contributed by atoms with van der Waals surface area (Å²) >= 11 is 0. The lowest BCUT2D eigenvalue weighted by molar-refractivity contribution is -0.148. The number of carbonyl (C=O) groups is 2. The fraction of sp³-hybridized carbons (Fsp3) is 0.286. The molecule has 1 atom stereocenters. The molecule has 0 saturated heterocycles. The number of amides is 1. The van der Waals surface area contributed by atoms with Gasteiger partial charge in [0, 0.05) is 11.8 Å². The third-order valence-electron chi connectivity index (χ3n) is 2.60. The minimum Gasteiger partial charge on any atom is -0.449 e. The van der Waals surface area contributed by atoms with E-state index in [-0.39, 0.29) is 4.90 Å². The highest BCUT2D eigenvalue weighted by atomic mass is 32.2. The number of benzene rings is 1. The standard InChI is InChI=1S/C14H18N2O5S/c1-3-4-5-13(17)21-10(2)14(18)16-11-6-8-12(9-7-11)22(15,19)20/h4-10H,3H2,1-2H3,(H,16,18)(H2,15,19,20)/b5-4+/t10-/m0/s1. The van der Waals surface area contributed by atoms with Crippen LogP contribution in [0.4, 0.5) is 5.69 Å². The van der Waals surface area contributed by atoms with Gasteiger partial charge in [0.2, 0.25) is 10.0 Å². The van der Waals surface area contributed by atoms with Crippen molar-refractivity contribution in [3.8, 4) is 0 Å². The van der Waals surface area contributed by atoms with Crippen molar-refractivity contribution in [3.05, 3.63) is 36.4 Å². The molecule has 8 heteroatoms. The molecule has 1 amide bonds. The molecular weight excluding hydrogens is 308 g/mol. The van der Waals surface area contributed by atoms with Gasteiger partial charge in [-0.25, -0.2) is 18.4 Å². The molecule has 0 aliphatic heterocycles. The van der Waals surface area contributed by atoms with E-state index in [9.17, 15) is 18.0 Å². The summed E-state index contributed by atoms with van der Waals surface area (Å²) in [6.07, 6.45) is 2.59. The van der Waals surface area contributed by atoms with Crippen LogP contribution in [0.15, 0.2) is 41.3 Å². The number of carbonyl (C=O) groups excluding carboxylic acids is 2. The van der Waals surface area contributed by atoms with Gasteiger partial charge in [0.25, 0.3) is 5.91 Å². The van der Waals surface area contributed by atoms with Gasteiger partial charge in [-0.15, -0.1) is 0 Å². The summed E-state index contributed by atoms with van der Waals surface area (Å²) in [7, 11) is -3.78. The number of primary sulfonamides is 1. The first-order valence-electron chi connectivity index (χ1n) is 6.55. The molecule has 22 heavy (non-hydrogen) atoms. The smallest absolute Gasteiger partial charge is 0.331 e. The van der Waals surface area contributed by atoms with Crippen LogP contribution in [0.25, 0.3) is 0 Å². The van der Waals surface area contributed by atoms with Gasteiger partial charge in [0.1, 0.15) is 0 Å². The van der Waals surface area contributed by atoms with Crippen molar-refractivity contribution < 1.29 is 22.7 Å². The van der Waals surface area contributed by atoms with Crippen molar-refractivity contribution in [2.45, 2.75) is 31.3 Å². The fourth-order valence-corrected chi connectivity index (χ4v) is 1.97. The Bertz CT molecular complexity index is 665. The van der Waals surface area contributed by atoms with Gasteiger partial charge in [-0.2, -0.15) is 0 Å². The summed E-state index contributed by atoms with van der Waals surface area (Å²) in [6.45, 7) is 3.30. The number of esters is 1. The van der Waals surface area contributed by atoms with E-state index in [0.29, 0.717) is 12.1 Å². The van der Waals surface area contributed by atoms with Crippen LogP contribution in [-0.2, 0) is 24.3 Å². The molecular formula is C14H18N2O5S. The third kappa shape index (κ3) is 5.66. The second-order valence-electron chi connectivity index (χ2n) is 4.45. The minimum atomic E-state index is -3.78. The normalized spacial score (nSPS) is 12.9. The Balaban J connectivity index is 2.64. The van der Waals surface area contributed by atoms with E-state index in [1.165, 1.54) is 37.3 Å². The average Bonchev–Trinajstić information content (AvgIpc) is 2.44. The maximum atomic E-state index is 11.8. The summed E-state index contributed by atoms with van der Waals surface area (Å²) in [5, 5.41) is 7.48. The number of nitrogens with one attached hydrogen (secondary N) is 1. The van der Waals surface area contributed by atoms with Crippen LogP contribution in [0.1, 0.15) is 20.3 Å². The Kier molecular flexibility index (Phi) is 6.26. The highest BCUT2D eigenvalue weighted by Gasteiger charge is 2.17. The Labute approximate surface area is 129 Å². The highest BCUT2D eigenvalue weighted by molar-refractivity contribution is 7.89. The van der Waals surface area contributed by atoms with Gasteiger partial charge < -0.3 is 10.1 Å². The monoisotopic (exact) mass is 326 g/mol. The van der Waals surface area contributed by atoms with E-state index in [1.807, 2.05) is 6.92 Å². The molecule has 0 fully saturated rings. The SMILES string of the molecule is CC/C=C/C(=O)O[C@@H](C)C(=O)Nc1ccc(S(N)(=O)=O)cc1. The van der Waals surface area contributed by atoms with Crippen LogP contribution >= 0.6 is 0 Å². The summed E-state index contributed by atoms with van der Waals surface area (Å²) < 4.78 is 27.1. The van der Waals surface area contributed by atoms with Gasteiger partial charge in [-0.05, 0) is 37.6 Å². The predicted molar refractivity (Wildman–Crippen MR) is 81.4 cm³/mol. The molecule has 0 aliphatic rings. The number of allylic oxidation sites excluding steroid dienone is 1. The molecule has 0 bridgehead atoms. The number of ether oxygens (including phenoxy) is 1. The Hall–Kier alpha value is -2.19. The molecule has 7 nitrogen and oxygen atoms in total. The van der Waals surface area contributed by atoms with E-state index in [0.717, 1.165) is 0 Å². The molecule has 0 unspecified atom stereocenters. The molecule has 0 heterocycles. The first-order chi connectivity index (χ1) is 10.2. The molecule has 0 radical (unpaired) electrons. The molecule has 1 aromatic carbocycles. The zero-order valence-corrected chi connectivity index (χ0v) is 13.1. The topological polar surface area (TPSA) is 116 Å². The third-order valence-corrected chi connectivity index (χ3v) is 3.53. The Morgan fingerprint density at radius 3 is 2.41 bits per heavy atom. The zero-order valence-electron chi connectivity index (χ0n) is 12.3. The van der Waals surface area contributed by atoms with Crippen LogP contribution in [0.3, 0.4) is 0 Å². The minimum absolute atomic E-state index is 0.0605. The van der Waals surface area contributed by atoms with Crippen molar-refractivity contribution in [2.24, 2.45) is 5.14 Å². The number of nitrogens with two attached hydrogens (primary N) is 1. The molecule has 1 aromatic rings. The van der Waals surface area contributed by atoms with E-state index >= 15 is 0 Å². The summed E-state index contributed by atoms with van der Waals surface area (Å²) in [5.74, 6) is -1.13. The van der Waals surface area contributed by atoms with Crippen LogP contribution < -0.4 is 10.5 Å². The van der Waals surface area contributed by atoms with Crippen LogP contribution in [-0.4, -0.2) is 26.4 Å². The highest BCUT2D eigenvalue weighted by Crippen LogP contribution is 2.13. The molecule has 0 saturated carbocycles. The fourth-order valence-electron chi connectivity index (χ4n) is 1.45. The van der Waals surface area contributed by atoms with E-state index in [4.69, 9.17) is 9.88 Å². The van der Waals surface area contributed by atoms with Gasteiger partial charge in [-0.3, -0.25) is 4.79 Å². The van der Waals surface area contributed by atoms with Crippen LogP contribution in [0.2, 0.25) is 0 Å². The second-order valence-corrected chi connectivity index (χ2v) is 6.01. The number of rotatable bonds is 6. The second kappa shape index (κ2) is 7.71. The maximum Gasteiger partial charge on any atom is 0.331 e. The van der Waals surface area contributed by atoms with Crippen LogP contribution in [0.5, 0.6) is 0 Å². The number of hydrogen-bond donors (Lipinski definition) is 2. The largest absolute Gasteiger partial charge is 0.449 e. The predicted octanol–water partition coefficient (Wildman–Crippen LogP) is 1.17. The van der Waals surface area contributed by atoms with Crippen molar-refractivity contribution in [1.29, 1.82) is 0 Å². The van der Waals surface area contributed by atoms with Crippen molar-refractivity contribution >= 4 is 27.6 Å². The van der Waals surface area contributed by atoms with Gasteiger partial charge in [-0.1, -0.05) is 13.0 Å². The first kappa shape index (κ1) is 17.9. The van der Waals surface area contributed by atoms with Crippen molar-refractivity contribution in [1.82, 2.24) is 0 Å². The average molecular weight is 326 g/mol. The van der Waals surface area contributed by atoms with Gasteiger partial charge in [0.05, 0.1) is 4.90 Å². The molecule has 0 aliphatic carbocycles. The Morgan fingerprint density at radius 1 is 1.32 bits per heavy atom.